The molecule has 4 aromatic rings. The number of ether oxygens (including phenoxy) is 1. The van der Waals surface area contributed by atoms with E-state index in [4.69, 9.17) is 14.8 Å². The van der Waals surface area contributed by atoms with E-state index in [1.807, 2.05) is 86.0 Å². The number of aryl methyl sites for hydroxylation is 2. The quantitative estimate of drug-likeness (QED) is 0.506. The van der Waals surface area contributed by atoms with Crippen molar-refractivity contribution >= 4 is 11.6 Å². The minimum atomic E-state index is -0.0867. The molecule has 0 aliphatic rings. The topological polar surface area (TPSA) is 68.5 Å². The Morgan fingerprint density at radius 2 is 1.81 bits per heavy atom. The van der Waals surface area contributed by atoms with Crippen molar-refractivity contribution in [2.45, 2.75) is 33.2 Å². The lowest BCUT2D eigenvalue weighted by Crippen LogP contribution is -2.28. The van der Waals surface area contributed by atoms with Crippen molar-refractivity contribution in [1.29, 1.82) is 0 Å². The van der Waals surface area contributed by atoms with Gasteiger partial charge in [-0.15, -0.1) is 0 Å². The van der Waals surface area contributed by atoms with Crippen LogP contribution in [0.3, 0.4) is 0 Å². The molecule has 0 saturated heterocycles. The second kappa shape index (κ2) is 8.60. The van der Waals surface area contributed by atoms with E-state index in [-0.39, 0.29) is 18.4 Å². The van der Waals surface area contributed by atoms with Crippen LogP contribution in [0.15, 0.2) is 60.7 Å². The number of rotatable bonds is 6. The molecule has 1 amide bonds. The molecule has 1 atom stereocenters. The van der Waals surface area contributed by atoms with Crippen LogP contribution in [0, 0.1) is 13.8 Å². The number of hydrogen-bond donors (Lipinski definition) is 1. The highest BCUT2D eigenvalue weighted by atomic mass is 16.5. The summed E-state index contributed by atoms with van der Waals surface area (Å²) in [5.41, 5.74) is 6.14. The summed E-state index contributed by atoms with van der Waals surface area (Å²) in [6, 6.07) is 19.5. The summed E-state index contributed by atoms with van der Waals surface area (Å²) in [5.74, 6) is 0.704. The second-order valence-electron chi connectivity index (χ2n) is 7.71. The molecule has 0 aliphatic heterocycles. The van der Waals surface area contributed by atoms with Gasteiger partial charge < -0.3 is 10.1 Å². The molecule has 1 N–H and O–H groups in total. The van der Waals surface area contributed by atoms with Crippen molar-refractivity contribution < 1.29 is 9.53 Å². The molecule has 158 valence electrons. The Labute approximate surface area is 181 Å². The number of hydrogen-bond acceptors (Lipinski definition) is 4. The van der Waals surface area contributed by atoms with Crippen LogP contribution < -0.4 is 10.1 Å². The Kier molecular flexibility index (Phi) is 5.71. The number of carbonyl (C=O) groups excluding carboxylic acids is 1. The Hall–Kier alpha value is -3.67. The van der Waals surface area contributed by atoms with Crippen molar-refractivity contribution in [3.05, 3.63) is 83.2 Å². The molecular weight excluding hydrogens is 388 g/mol. The van der Waals surface area contributed by atoms with Gasteiger partial charge in [0, 0.05) is 22.5 Å². The number of methoxy groups -OCH3 is 1. The highest BCUT2D eigenvalue weighted by Crippen LogP contribution is 2.28. The highest BCUT2D eigenvalue weighted by molar-refractivity contribution is 5.85. The summed E-state index contributed by atoms with van der Waals surface area (Å²) >= 11 is 0. The molecule has 0 bridgehead atoms. The summed E-state index contributed by atoms with van der Waals surface area (Å²) in [5, 5.41) is 7.90. The monoisotopic (exact) mass is 414 g/mol. The number of benzene rings is 2. The first-order chi connectivity index (χ1) is 15.0. The molecule has 6 heteroatoms. The van der Waals surface area contributed by atoms with Gasteiger partial charge >= 0.3 is 0 Å². The summed E-state index contributed by atoms with van der Waals surface area (Å²) < 4.78 is 7.09. The molecule has 2 aromatic heterocycles. The third kappa shape index (κ3) is 4.28. The minimum absolute atomic E-state index is 0.0676. The van der Waals surface area contributed by atoms with Gasteiger partial charge in [0.05, 0.1) is 25.3 Å². The molecule has 0 fully saturated rings. The van der Waals surface area contributed by atoms with Crippen molar-refractivity contribution in [3.8, 4) is 17.0 Å². The maximum absolute atomic E-state index is 13.0. The Morgan fingerprint density at radius 3 is 2.48 bits per heavy atom. The predicted octanol–water partition coefficient (Wildman–Crippen LogP) is 4.44. The lowest BCUT2D eigenvalue weighted by Gasteiger charge is -2.14. The van der Waals surface area contributed by atoms with E-state index in [1.165, 1.54) is 0 Å². The van der Waals surface area contributed by atoms with Gasteiger partial charge in [0.15, 0.2) is 5.65 Å². The van der Waals surface area contributed by atoms with Gasteiger partial charge in [-0.2, -0.15) is 5.10 Å². The third-order valence-corrected chi connectivity index (χ3v) is 5.37. The van der Waals surface area contributed by atoms with Crippen LogP contribution in [-0.4, -0.2) is 27.6 Å². The van der Waals surface area contributed by atoms with Gasteiger partial charge in [-0.25, -0.2) is 9.50 Å². The SMILES string of the molecule is COc1ccc(-c2nn3c(C)cc(C)nc3c2CC(=O)N[C@@H](C)c2ccccc2)cc1. The zero-order valence-electron chi connectivity index (χ0n) is 18.2. The number of nitrogens with one attached hydrogen (secondary N) is 1. The normalized spacial score (nSPS) is 12.0. The minimum Gasteiger partial charge on any atom is -0.497 e. The van der Waals surface area contributed by atoms with E-state index >= 15 is 0 Å². The Balaban J connectivity index is 1.71. The van der Waals surface area contributed by atoms with E-state index in [0.29, 0.717) is 5.65 Å². The van der Waals surface area contributed by atoms with Crippen molar-refractivity contribution in [1.82, 2.24) is 19.9 Å². The Morgan fingerprint density at radius 1 is 1.10 bits per heavy atom. The van der Waals surface area contributed by atoms with Crippen molar-refractivity contribution in [3.63, 3.8) is 0 Å². The zero-order valence-corrected chi connectivity index (χ0v) is 18.2. The molecule has 4 rings (SSSR count). The molecule has 0 radical (unpaired) electrons. The van der Waals surface area contributed by atoms with Crippen LogP contribution in [0.4, 0.5) is 0 Å². The molecular formula is C25H26N4O2. The van der Waals surface area contributed by atoms with Crippen molar-refractivity contribution in [2.75, 3.05) is 7.11 Å². The summed E-state index contributed by atoms with van der Waals surface area (Å²) in [6.07, 6.45) is 0.192. The van der Waals surface area contributed by atoms with E-state index in [0.717, 1.165) is 39.5 Å². The Bertz CT molecular complexity index is 1210. The van der Waals surface area contributed by atoms with Crippen LogP contribution >= 0.6 is 0 Å². The molecule has 2 heterocycles. The predicted molar refractivity (Wildman–Crippen MR) is 121 cm³/mol. The van der Waals surface area contributed by atoms with Crippen LogP contribution in [0.2, 0.25) is 0 Å². The maximum Gasteiger partial charge on any atom is 0.225 e. The largest absolute Gasteiger partial charge is 0.497 e. The van der Waals surface area contributed by atoms with E-state index in [2.05, 4.69) is 5.32 Å². The highest BCUT2D eigenvalue weighted by Gasteiger charge is 2.21. The summed E-state index contributed by atoms with van der Waals surface area (Å²) in [6.45, 7) is 5.93. The molecule has 6 nitrogen and oxygen atoms in total. The maximum atomic E-state index is 13.0. The standard InChI is InChI=1S/C25H26N4O2/c1-16-14-17(2)29-25(26-16)22(24(28-29)20-10-12-21(31-4)13-11-20)15-23(30)27-18(3)19-8-6-5-7-9-19/h5-14,18H,15H2,1-4H3,(H,27,30)/t18-/m0/s1. The lowest BCUT2D eigenvalue weighted by molar-refractivity contribution is -0.121. The van der Waals surface area contributed by atoms with Gasteiger partial charge in [-0.1, -0.05) is 30.3 Å². The first-order valence-electron chi connectivity index (χ1n) is 10.3. The van der Waals surface area contributed by atoms with Gasteiger partial charge in [-0.05, 0) is 56.7 Å². The number of nitrogens with zero attached hydrogens (tertiary/aromatic N) is 3. The summed E-state index contributed by atoms with van der Waals surface area (Å²) in [4.78, 5) is 17.7. The molecule has 2 aromatic carbocycles. The van der Waals surface area contributed by atoms with Gasteiger partial charge in [0.2, 0.25) is 5.91 Å². The molecule has 31 heavy (non-hydrogen) atoms. The molecule has 0 aliphatic carbocycles. The van der Waals surface area contributed by atoms with Crippen LogP contribution in [0.25, 0.3) is 16.9 Å². The molecule has 0 saturated carbocycles. The average molecular weight is 415 g/mol. The fourth-order valence-corrected chi connectivity index (χ4v) is 3.79. The van der Waals surface area contributed by atoms with E-state index in [9.17, 15) is 4.79 Å². The second-order valence-corrected chi connectivity index (χ2v) is 7.71. The van der Waals surface area contributed by atoms with Gasteiger partial charge in [-0.3, -0.25) is 4.79 Å². The molecule has 0 unspecified atom stereocenters. The van der Waals surface area contributed by atoms with Crippen molar-refractivity contribution in [2.24, 2.45) is 0 Å². The number of fused-ring (bicyclic) bond motifs is 1. The number of carbonyl (C=O) groups is 1. The van der Waals surface area contributed by atoms with E-state index < -0.39 is 0 Å². The fourth-order valence-electron chi connectivity index (χ4n) is 3.79. The zero-order chi connectivity index (χ0) is 22.0. The average Bonchev–Trinajstić information content (AvgIpc) is 3.12. The summed E-state index contributed by atoms with van der Waals surface area (Å²) in [7, 11) is 1.64. The number of aromatic nitrogens is 3. The molecule has 0 spiro atoms. The third-order valence-electron chi connectivity index (χ3n) is 5.37. The van der Waals surface area contributed by atoms with Gasteiger partial charge in [0.25, 0.3) is 0 Å². The van der Waals surface area contributed by atoms with Gasteiger partial charge in [0.1, 0.15) is 5.75 Å². The van der Waals surface area contributed by atoms with Crippen LogP contribution in [-0.2, 0) is 11.2 Å². The first-order valence-corrected chi connectivity index (χ1v) is 10.3. The first kappa shape index (κ1) is 20.6. The van der Waals surface area contributed by atoms with Crippen LogP contribution in [0.1, 0.15) is 35.5 Å². The lowest BCUT2D eigenvalue weighted by atomic mass is 10.0. The number of amides is 1. The van der Waals surface area contributed by atoms with E-state index in [1.54, 1.807) is 7.11 Å². The fraction of sp³-hybridized carbons (Fsp3) is 0.240. The smallest absolute Gasteiger partial charge is 0.225 e. The van der Waals surface area contributed by atoms with Crippen LogP contribution in [0.5, 0.6) is 5.75 Å².